The van der Waals surface area contributed by atoms with Crippen LogP contribution in [0.15, 0.2) is 24.3 Å². The van der Waals surface area contributed by atoms with Gasteiger partial charge in [-0.05, 0) is 30.5 Å². The van der Waals surface area contributed by atoms with Gasteiger partial charge in [0.1, 0.15) is 6.04 Å². The summed E-state index contributed by atoms with van der Waals surface area (Å²) in [5, 5.41) is 11.9. The van der Waals surface area contributed by atoms with Gasteiger partial charge in [-0.2, -0.15) is 0 Å². The standard InChI is InChI=1S/C17H20ClF2NO3/c18-12-6-4-5-11(9-12)17(7-2-1-3-8-17)16(24)21-13(15(22)23)10-14(19)20/h4-6,9,13-14H,1-3,7-8,10H2,(H,21,24)(H,22,23). The Morgan fingerprint density at radius 1 is 1.25 bits per heavy atom. The average Bonchev–Trinajstić information content (AvgIpc) is 2.54. The summed E-state index contributed by atoms with van der Waals surface area (Å²) < 4.78 is 25.2. The third-order valence-corrected chi connectivity index (χ3v) is 4.77. The van der Waals surface area contributed by atoms with E-state index in [2.05, 4.69) is 5.32 Å². The SMILES string of the molecule is O=C(O)C(CC(F)F)NC(=O)C1(c2cccc(Cl)c2)CCCCC1. The zero-order chi connectivity index (χ0) is 17.7. The fourth-order valence-corrected chi connectivity index (χ4v) is 3.47. The van der Waals surface area contributed by atoms with Crippen LogP contribution in [0.2, 0.25) is 5.02 Å². The Morgan fingerprint density at radius 2 is 1.92 bits per heavy atom. The number of hydrogen-bond acceptors (Lipinski definition) is 2. The summed E-state index contributed by atoms with van der Waals surface area (Å²) in [7, 11) is 0. The van der Waals surface area contributed by atoms with Gasteiger partial charge in [0.05, 0.1) is 5.41 Å². The van der Waals surface area contributed by atoms with Crippen molar-refractivity contribution in [3.05, 3.63) is 34.9 Å². The van der Waals surface area contributed by atoms with Gasteiger partial charge < -0.3 is 10.4 Å². The highest BCUT2D eigenvalue weighted by molar-refractivity contribution is 6.30. The minimum Gasteiger partial charge on any atom is -0.480 e. The highest BCUT2D eigenvalue weighted by Gasteiger charge is 2.42. The molecule has 0 radical (unpaired) electrons. The van der Waals surface area contributed by atoms with E-state index in [0.29, 0.717) is 23.4 Å². The van der Waals surface area contributed by atoms with E-state index in [1.807, 2.05) is 0 Å². The van der Waals surface area contributed by atoms with Gasteiger partial charge in [-0.1, -0.05) is 43.0 Å². The number of carboxylic acid groups (broad SMARTS) is 1. The topological polar surface area (TPSA) is 66.4 Å². The van der Waals surface area contributed by atoms with Gasteiger partial charge in [-0.25, -0.2) is 13.6 Å². The van der Waals surface area contributed by atoms with Gasteiger partial charge in [-0.3, -0.25) is 4.79 Å². The highest BCUT2D eigenvalue weighted by atomic mass is 35.5. The second kappa shape index (κ2) is 7.92. The molecule has 1 aromatic rings. The van der Waals surface area contributed by atoms with Crippen molar-refractivity contribution < 1.29 is 23.5 Å². The lowest BCUT2D eigenvalue weighted by Crippen LogP contribution is -2.52. The summed E-state index contributed by atoms with van der Waals surface area (Å²) in [6, 6.07) is 5.29. The normalized spacial score (nSPS) is 18.2. The van der Waals surface area contributed by atoms with Crippen LogP contribution in [0, 0.1) is 0 Å². The molecule has 0 heterocycles. The largest absolute Gasteiger partial charge is 0.480 e. The first-order valence-corrected chi connectivity index (χ1v) is 8.31. The lowest BCUT2D eigenvalue weighted by Gasteiger charge is -2.37. The van der Waals surface area contributed by atoms with Gasteiger partial charge in [0.25, 0.3) is 0 Å². The van der Waals surface area contributed by atoms with Gasteiger partial charge in [0.15, 0.2) is 0 Å². The number of rotatable bonds is 6. The first kappa shape index (κ1) is 18.6. The van der Waals surface area contributed by atoms with E-state index in [0.717, 1.165) is 19.3 Å². The molecule has 1 unspecified atom stereocenters. The predicted octanol–water partition coefficient (Wildman–Crippen LogP) is 3.77. The van der Waals surface area contributed by atoms with Crippen LogP contribution in [-0.2, 0) is 15.0 Å². The maximum atomic E-state index is 12.9. The molecule has 1 saturated carbocycles. The van der Waals surface area contributed by atoms with E-state index in [9.17, 15) is 18.4 Å². The molecule has 0 aliphatic heterocycles. The molecule has 132 valence electrons. The van der Waals surface area contributed by atoms with Crippen LogP contribution in [0.3, 0.4) is 0 Å². The highest BCUT2D eigenvalue weighted by Crippen LogP contribution is 2.40. The maximum absolute atomic E-state index is 12.9. The van der Waals surface area contributed by atoms with Gasteiger partial charge >= 0.3 is 5.97 Å². The molecule has 1 aliphatic rings. The number of hydrogen-bond donors (Lipinski definition) is 2. The van der Waals surface area contributed by atoms with Crippen molar-refractivity contribution in [2.75, 3.05) is 0 Å². The summed E-state index contributed by atoms with van der Waals surface area (Å²) >= 11 is 6.03. The zero-order valence-corrected chi connectivity index (χ0v) is 13.9. The fraction of sp³-hybridized carbons (Fsp3) is 0.529. The number of carboxylic acids is 1. The van der Waals surface area contributed by atoms with Crippen molar-refractivity contribution in [1.29, 1.82) is 0 Å². The van der Waals surface area contributed by atoms with E-state index in [-0.39, 0.29) is 0 Å². The monoisotopic (exact) mass is 359 g/mol. The third kappa shape index (κ3) is 4.23. The van der Waals surface area contributed by atoms with E-state index in [1.54, 1.807) is 24.3 Å². The second-order valence-corrected chi connectivity index (χ2v) is 6.58. The van der Waals surface area contributed by atoms with E-state index in [4.69, 9.17) is 16.7 Å². The number of aliphatic carboxylic acids is 1. The molecule has 7 heteroatoms. The summed E-state index contributed by atoms with van der Waals surface area (Å²) in [6.07, 6.45) is -0.0268. The van der Waals surface area contributed by atoms with Gasteiger partial charge in [0.2, 0.25) is 12.3 Å². The molecule has 1 aromatic carbocycles. The first-order valence-electron chi connectivity index (χ1n) is 7.93. The Labute approximate surface area is 144 Å². The Hall–Kier alpha value is -1.69. The third-order valence-electron chi connectivity index (χ3n) is 4.54. The van der Waals surface area contributed by atoms with E-state index < -0.39 is 36.2 Å². The molecule has 0 aromatic heterocycles. The first-order chi connectivity index (χ1) is 11.3. The number of nitrogens with one attached hydrogen (secondary N) is 1. The molecular formula is C17H20ClF2NO3. The summed E-state index contributed by atoms with van der Waals surface area (Å²) in [5.74, 6) is -1.97. The molecule has 1 fully saturated rings. The van der Waals surface area contributed by atoms with Crippen molar-refractivity contribution in [2.45, 2.75) is 56.4 Å². The molecule has 0 spiro atoms. The quantitative estimate of drug-likeness (QED) is 0.812. The lowest BCUT2D eigenvalue weighted by atomic mass is 9.68. The molecule has 1 aliphatic carbocycles. The molecule has 0 bridgehead atoms. The Bertz CT molecular complexity index is 603. The van der Waals surface area contributed by atoms with Crippen LogP contribution in [-0.4, -0.2) is 29.5 Å². The number of halogens is 3. The summed E-state index contributed by atoms with van der Waals surface area (Å²) in [5.41, 5.74) is -0.215. The molecule has 24 heavy (non-hydrogen) atoms. The van der Waals surface area contributed by atoms with Crippen molar-refractivity contribution in [2.24, 2.45) is 0 Å². The number of carbonyl (C=O) groups excluding carboxylic acids is 1. The predicted molar refractivity (Wildman–Crippen MR) is 86.4 cm³/mol. The minimum atomic E-state index is -2.81. The number of alkyl halides is 2. The lowest BCUT2D eigenvalue weighted by molar-refractivity contribution is -0.144. The van der Waals surface area contributed by atoms with E-state index >= 15 is 0 Å². The molecule has 4 nitrogen and oxygen atoms in total. The summed E-state index contributed by atoms with van der Waals surface area (Å²) in [6.45, 7) is 0. The van der Waals surface area contributed by atoms with Crippen LogP contribution in [0.1, 0.15) is 44.1 Å². The van der Waals surface area contributed by atoms with Crippen molar-refractivity contribution in [3.8, 4) is 0 Å². The molecular weight excluding hydrogens is 340 g/mol. The van der Waals surface area contributed by atoms with Crippen molar-refractivity contribution >= 4 is 23.5 Å². The average molecular weight is 360 g/mol. The zero-order valence-electron chi connectivity index (χ0n) is 13.1. The molecule has 2 rings (SSSR count). The van der Waals surface area contributed by atoms with Gasteiger partial charge in [0, 0.05) is 11.4 Å². The second-order valence-electron chi connectivity index (χ2n) is 6.14. The van der Waals surface area contributed by atoms with E-state index in [1.165, 1.54) is 0 Å². The molecule has 2 N–H and O–H groups in total. The van der Waals surface area contributed by atoms with Crippen molar-refractivity contribution in [3.63, 3.8) is 0 Å². The molecule has 0 saturated heterocycles. The van der Waals surface area contributed by atoms with Gasteiger partial charge in [-0.15, -0.1) is 0 Å². The Kier molecular flexibility index (Phi) is 6.15. The van der Waals surface area contributed by atoms with Crippen LogP contribution < -0.4 is 5.32 Å². The van der Waals surface area contributed by atoms with Crippen LogP contribution >= 0.6 is 11.6 Å². The Balaban J connectivity index is 2.30. The number of carbonyl (C=O) groups is 2. The number of amides is 1. The summed E-state index contributed by atoms with van der Waals surface area (Å²) in [4.78, 5) is 24.0. The van der Waals surface area contributed by atoms with Crippen LogP contribution in [0.4, 0.5) is 8.78 Å². The molecule has 1 amide bonds. The smallest absolute Gasteiger partial charge is 0.326 e. The fourth-order valence-electron chi connectivity index (χ4n) is 3.28. The maximum Gasteiger partial charge on any atom is 0.326 e. The Morgan fingerprint density at radius 3 is 2.46 bits per heavy atom. The molecule has 1 atom stereocenters. The minimum absolute atomic E-state index is 0.479. The number of benzene rings is 1. The van der Waals surface area contributed by atoms with Crippen LogP contribution in [0.25, 0.3) is 0 Å². The van der Waals surface area contributed by atoms with Crippen LogP contribution in [0.5, 0.6) is 0 Å². The van der Waals surface area contributed by atoms with Crippen molar-refractivity contribution in [1.82, 2.24) is 5.32 Å².